The highest BCUT2D eigenvalue weighted by molar-refractivity contribution is 5.35. The van der Waals surface area contributed by atoms with Crippen molar-refractivity contribution in [3.05, 3.63) is 70.8 Å². The number of piperidine rings is 1. The maximum absolute atomic E-state index is 13.1. The number of halogens is 6. The topological polar surface area (TPSA) is 51.9 Å². The number of quaternary nitrogens is 1. The lowest BCUT2D eigenvalue weighted by atomic mass is 9.82. The van der Waals surface area contributed by atoms with Crippen molar-refractivity contribution >= 4 is 0 Å². The van der Waals surface area contributed by atoms with Crippen LogP contribution >= 0.6 is 0 Å². The van der Waals surface area contributed by atoms with E-state index < -0.39 is 35.1 Å². The maximum atomic E-state index is 13.1. The molecule has 1 aliphatic heterocycles. The Labute approximate surface area is 181 Å². The van der Waals surface area contributed by atoms with E-state index in [1.165, 1.54) is 6.92 Å². The van der Waals surface area contributed by atoms with Crippen LogP contribution in [0.1, 0.15) is 48.1 Å². The van der Waals surface area contributed by atoms with Crippen LogP contribution in [0.3, 0.4) is 0 Å². The van der Waals surface area contributed by atoms with Crippen molar-refractivity contribution in [3.8, 4) is 12.0 Å². The Bertz CT molecular complexity index is 951. The molecule has 4 N–H and O–H groups in total. The molecule has 9 heteroatoms. The van der Waals surface area contributed by atoms with E-state index >= 15 is 0 Å². The summed E-state index contributed by atoms with van der Waals surface area (Å²) in [7, 11) is 0. The second-order valence-electron chi connectivity index (χ2n) is 7.90. The maximum Gasteiger partial charge on any atom is 0.416 e. The first-order valence-electron chi connectivity index (χ1n) is 10.0. The molecule has 3 nitrogen and oxygen atoms in total. The monoisotopic (exact) mass is 457 g/mol. The standard InChI is InChI=1S/C23H22F6N2O/c1-15(16-11-18(22(24,25)26)13-19(12-16)23(27,28)29)32-10-9-21(8-7-20(30)14-31-21)17-5-3-2-4-6-17/h2-6,11-13,15,20,31H,7-8,14,30H2,1H3/p+1. The minimum Gasteiger partial charge on any atom is -0.439 e. The lowest BCUT2D eigenvalue weighted by Crippen LogP contribution is -2.98. The molecule has 2 aromatic carbocycles. The van der Waals surface area contributed by atoms with Gasteiger partial charge >= 0.3 is 12.4 Å². The second kappa shape index (κ2) is 9.04. The lowest BCUT2D eigenvalue weighted by molar-refractivity contribution is -0.731. The third-order valence-corrected chi connectivity index (χ3v) is 5.56. The molecule has 172 valence electrons. The number of nitrogens with two attached hydrogens (primary N) is 2. The van der Waals surface area contributed by atoms with E-state index in [1.807, 2.05) is 35.6 Å². The normalized spacial score (nSPS) is 22.6. The highest BCUT2D eigenvalue weighted by Gasteiger charge is 2.39. The Hall–Kier alpha value is -2.70. The molecule has 32 heavy (non-hydrogen) atoms. The molecule has 1 fully saturated rings. The quantitative estimate of drug-likeness (QED) is 0.532. The van der Waals surface area contributed by atoms with Gasteiger partial charge in [0.2, 0.25) is 0 Å². The first-order valence-corrected chi connectivity index (χ1v) is 10.0. The highest BCUT2D eigenvalue weighted by atomic mass is 19.4. The van der Waals surface area contributed by atoms with Crippen molar-refractivity contribution < 1.29 is 36.4 Å². The van der Waals surface area contributed by atoms with Crippen LogP contribution in [-0.2, 0) is 22.6 Å². The molecule has 0 amide bonds. The van der Waals surface area contributed by atoms with E-state index in [0.29, 0.717) is 25.1 Å². The summed E-state index contributed by atoms with van der Waals surface area (Å²) >= 11 is 0. The molecule has 1 heterocycles. The van der Waals surface area contributed by atoms with Crippen LogP contribution in [0.4, 0.5) is 26.3 Å². The molecule has 3 unspecified atom stereocenters. The van der Waals surface area contributed by atoms with Crippen molar-refractivity contribution in [2.45, 2.75) is 49.8 Å². The van der Waals surface area contributed by atoms with Crippen molar-refractivity contribution in [2.75, 3.05) is 6.54 Å². The van der Waals surface area contributed by atoms with Gasteiger partial charge in [-0.25, -0.2) is 0 Å². The minimum absolute atomic E-state index is 0.0133. The Morgan fingerprint density at radius 3 is 2.12 bits per heavy atom. The second-order valence-corrected chi connectivity index (χ2v) is 7.90. The van der Waals surface area contributed by atoms with Gasteiger partial charge in [0.15, 0.2) is 5.54 Å². The van der Waals surface area contributed by atoms with Gasteiger partial charge in [-0.3, -0.25) is 0 Å². The van der Waals surface area contributed by atoms with Gasteiger partial charge in [-0.05, 0) is 37.1 Å². The molecule has 2 aromatic rings. The molecule has 1 aliphatic rings. The summed E-state index contributed by atoms with van der Waals surface area (Å²) in [5, 5.41) is 1.99. The van der Waals surface area contributed by atoms with Crippen LogP contribution in [-0.4, -0.2) is 12.6 Å². The highest BCUT2D eigenvalue weighted by Crippen LogP contribution is 2.38. The largest absolute Gasteiger partial charge is 0.439 e. The van der Waals surface area contributed by atoms with E-state index in [0.717, 1.165) is 12.0 Å². The summed E-state index contributed by atoms with van der Waals surface area (Å²) < 4.78 is 84.1. The summed E-state index contributed by atoms with van der Waals surface area (Å²) in [4.78, 5) is 0. The smallest absolute Gasteiger partial charge is 0.416 e. The van der Waals surface area contributed by atoms with Gasteiger partial charge in [0.1, 0.15) is 12.2 Å². The van der Waals surface area contributed by atoms with Gasteiger partial charge in [0.05, 0.1) is 23.7 Å². The Morgan fingerprint density at radius 1 is 1.03 bits per heavy atom. The fourth-order valence-corrected chi connectivity index (χ4v) is 3.66. The van der Waals surface area contributed by atoms with Crippen LogP contribution in [0.2, 0.25) is 0 Å². The van der Waals surface area contributed by atoms with E-state index in [2.05, 4.69) is 12.0 Å². The first kappa shape index (κ1) is 24.0. The van der Waals surface area contributed by atoms with E-state index in [4.69, 9.17) is 10.5 Å². The SMILES string of the molecule is CC(OC#CC1(c2ccccc2)CCC(N)C[NH2+]1)c1cc(C(F)(F)F)cc(C(F)(F)F)c1. The third-order valence-electron chi connectivity index (χ3n) is 5.56. The molecular weight excluding hydrogens is 434 g/mol. The number of hydrogen-bond donors (Lipinski definition) is 2. The summed E-state index contributed by atoms with van der Waals surface area (Å²) in [6, 6.07) is 10.8. The number of alkyl halides is 6. The van der Waals surface area contributed by atoms with Crippen LogP contribution in [0.5, 0.6) is 0 Å². The molecule has 3 rings (SSSR count). The van der Waals surface area contributed by atoms with Gasteiger partial charge in [-0.2, -0.15) is 26.3 Å². The predicted octanol–water partition coefficient (Wildman–Crippen LogP) is 4.34. The van der Waals surface area contributed by atoms with Crippen molar-refractivity contribution in [1.82, 2.24) is 0 Å². The van der Waals surface area contributed by atoms with E-state index in [1.54, 1.807) is 0 Å². The summed E-state index contributed by atoms with van der Waals surface area (Å²) in [6.45, 7) is 1.99. The number of benzene rings is 2. The van der Waals surface area contributed by atoms with Crippen LogP contribution in [0.25, 0.3) is 0 Å². The molecule has 0 bridgehead atoms. The molecule has 0 saturated carbocycles. The van der Waals surface area contributed by atoms with E-state index in [-0.39, 0.29) is 17.7 Å². The molecule has 0 aromatic heterocycles. The molecule has 0 radical (unpaired) electrons. The summed E-state index contributed by atoms with van der Waals surface area (Å²) in [5.41, 5.74) is 3.23. The Kier molecular flexibility index (Phi) is 6.77. The van der Waals surface area contributed by atoms with Gasteiger partial charge in [-0.15, -0.1) is 0 Å². The zero-order valence-corrected chi connectivity index (χ0v) is 17.2. The Morgan fingerprint density at radius 2 is 1.62 bits per heavy atom. The fourth-order valence-electron chi connectivity index (χ4n) is 3.66. The number of rotatable bonds is 3. The summed E-state index contributed by atoms with van der Waals surface area (Å²) in [5.74, 6) is 3.03. The van der Waals surface area contributed by atoms with Gasteiger partial charge in [0.25, 0.3) is 0 Å². The minimum atomic E-state index is -4.92. The molecular formula is C23H23F6N2O+. The van der Waals surface area contributed by atoms with Crippen LogP contribution in [0, 0.1) is 12.0 Å². The number of ether oxygens (including phenoxy) is 1. The van der Waals surface area contributed by atoms with E-state index in [9.17, 15) is 26.3 Å². The fraction of sp³-hybridized carbons (Fsp3) is 0.391. The predicted molar refractivity (Wildman–Crippen MR) is 106 cm³/mol. The first-order chi connectivity index (χ1) is 14.9. The van der Waals surface area contributed by atoms with Crippen LogP contribution < -0.4 is 11.1 Å². The molecule has 1 saturated heterocycles. The average Bonchev–Trinajstić information content (AvgIpc) is 2.74. The zero-order valence-electron chi connectivity index (χ0n) is 17.2. The van der Waals surface area contributed by atoms with Crippen molar-refractivity contribution in [2.24, 2.45) is 5.73 Å². The third kappa shape index (κ3) is 5.56. The van der Waals surface area contributed by atoms with Gasteiger partial charge < -0.3 is 15.8 Å². The molecule has 3 atom stereocenters. The van der Waals surface area contributed by atoms with Crippen molar-refractivity contribution in [3.63, 3.8) is 0 Å². The van der Waals surface area contributed by atoms with Gasteiger partial charge in [-0.1, -0.05) is 30.3 Å². The number of hydrogen-bond acceptors (Lipinski definition) is 2. The van der Waals surface area contributed by atoms with Crippen molar-refractivity contribution in [1.29, 1.82) is 0 Å². The lowest BCUT2D eigenvalue weighted by Gasteiger charge is -2.33. The van der Waals surface area contributed by atoms with Gasteiger partial charge in [0, 0.05) is 17.9 Å². The van der Waals surface area contributed by atoms with Crippen LogP contribution in [0.15, 0.2) is 48.5 Å². The Balaban J connectivity index is 1.89. The average molecular weight is 457 g/mol. The zero-order chi connectivity index (χ0) is 23.6. The summed E-state index contributed by atoms with van der Waals surface area (Å²) in [6.07, 6.45) is -7.06. The molecule has 0 aliphatic carbocycles. The molecule has 0 spiro atoms.